The summed E-state index contributed by atoms with van der Waals surface area (Å²) in [6, 6.07) is 2.03. The van der Waals surface area contributed by atoms with E-state index < -0.39 is 0 Å². The standard InChI is InChI=1S/C6H7N3O/c1-5(2-3-7)6-8-4-9-10-6/h4-5H,2H2,1H3/t5-/m0/s1. The molecule has 0 saturated heterocycles. The summed E-state index contributed by atoms with van der Waals surface area (Å²) in [6.07, 6.45) is 1.76. The molecule has 10 heavy (non-hydrogen) atoms. The summed E-state index contributed by atoms with van der Waals surface area (Å²) >= 11 is 0. The van der Waals surface area contributed by atoms with Gasteiger partial charge < -0.3 is 4.52 Å². The molecule has 0 unspecified atom stereocenters. The van der Waals surface area contributed by atoms with Gasteiger partial charge in [-0.2, -0.15) is 10.2 Å². The average Bonchev–Trinajstić information content (AvgIpc) is 2.38. The highest BCUT2D eigenvalue weighted by atomic mass is 16.5. The van der Waals surface area contributed by atoms with Crippen molar-refractivity contribution in [2.45, 2.75) is 19.3 Å². The minimum Gasteiger partial charge on any atom is -0.339 e. The van der Waals surface area contributed by atoms with Crippen LogP contribution in [0, 0.1) is 11.3 Å². The maximum atomic E-state index is 8.30. The zero-order chi connectivity index (χ0) is 7.40. The molecule has 1 heterocycles. The number of nitriles is 1. The summed E-state index contributed by atoms with van der Waals surface area (Å²) in [7, 11) is 0. The Kier molecular flexibility index (Phi) is 2.00. The lowest BCUT2D eigenvalue weighted by atomic mass is 10.1. The van der Waals surface area contributed by atoms with Crippen molar-refractivity contribution < 1.29 is 4.52 Å². The molecule has 0 saturated carbocycles. The van der Waals surface area contributed by atoms with Gasteiger partial charge in [-0.15, -0.1) is 0 Å². The number of nitrogens with zero attached hydrogens (tertiary/aromatic N) is 3. The number of hydrogen-bond donors (Lipinski definition) is 0. The van der Waals surface area contributed by atoms with Crippen molar-refractivity contribution in [3.05, 3.63) is 12.2 Å². The van der Waals surface area contributed by atoms with Crippen LogP contribution in [0.25, 0.3) is 0 Å². The van der Waals surface area contributed by atoms with Gasteiger partial charge in [0.1, 0.15) is 0 Å². The van der Waals surface area contributed by atoms with Crippen molar-refractivity contribution in [2.24, 2.45) is 0 Å². The minimum absolute atomic E-state index is 0.0486. The second kappa shape index (κ2) is 2.97. The van der Waals surface area contributed by atoms with Crippen LogP contribution in [0.3, 0.4) is 0 Å². The van der Waals surface area contributed by atoms with Crippen molar-refractivity contribution in [3.63, 3.8) is 0 Å². The highest BCUT2D eigenvalue weighted by Crippen LogP contribution is 2.13. The molecule has 4 nitrogen and oxygen atoms in total. The fraction of sp³-hybridized carbons (Fsp3) is 0.500. The van der Waals surface area contributed by atoms with E-state index in [1.165, 1.54) is 6.33 Å². The Labute approximate surface area is 58.5 Å². The predicted molar refractivity (Wildman–Crippen MR) is 32.9 cm³/mol. The van der Waals surface area contributed by atoms with E-state index in [1.807, 2.05) is 13.0 Å². The topological polar surface area (TPSA) is 62.7 Å². The Morgan fingerprint density at radius 2 is 2.70 bits per heavy atom. The molecule has 1 aromatic rings. The van der Waals surface area contributed by atoms with Crippen molar-refractivity contribution in [1.29, 1.82) is 5.26 Å². The van der Waals surface area contributed by atoms with E-state index in [0.717, 1.165) is 0 Å². The Morgan fingerprint density at radius 1 is 1.90 bits per heavy atom. The maximum absolute atomic E-state index is 8.30. The van der Waals surface area contributed by atoms with Gasteiger partial charge >= 0.3 is 0 Å². The van der Waals surface area contributed by atoms with E-state index in [-0.39, 0.29) is 5.92 Å². The van der Waals surface area contributed by atoms with Gasteiger partial charge in [0.2, 0.25) is 5.89 Å². The van der Waals surface area contributed by atoms with Crippen LogP contribution < -0.4 is 0 Å². The molecule has 0 bridgehead atoms. The van der Waals surface area contributed by atoms with E-state index in [9.17, 15) is 0 Å². The first-order valence-corrected chi connectivity index (χ1v) is 2.98. The summed E-state index contributed by atoms with van der Waals surface area (Å²) in [5.41, 5.74) is 0. The first-order chi connectivity index (χ1) is 4.84. The van der Waals surface area contributed by atoms with Crippen molar-refractivity contribution >= 4 is 0 Å². The Morgan fingerprint density at radius 3 is 3.20 bits per heavy atom. The van der Waals surface area contributed by atoms with Gasteiger partial charge in [0, 0.05) is 12.3 Å². The third-order valence-electron chi connectivity index (χ3n) is 1.20. The lowest BCUT2D eigenvalue weighted by molar-refractivity contribution is 0.359. The summed E-state index contributed by atoms with van der Waals surface area (Å²) in [4.78, 5) is 3.81. The van der Waals surface area contributed by atoms with Gasteiger partial charge in [-0.05, 0) is 0 Å². The Hall–Kier alpha value is -1.37. The molecule has 52 valence electrons. The molecule has 0 aromatic carbocycles. The van der Waals surface area contributed by atoms with Gasteiger partial charge in [-0.25, -0.2) is 0 Å². The van der Waals surface area contributed by atoms with Gasteiger partial charge in [0.25, 0.3) is 0 Å². The van der Waals surface area contributed by atoms with Gasteiger partial charge in [0.05, 0.1) is 6.07 Å². The van der Waals surface area contributed by atoms with Crippen LogP contribution in [0.15, 0.2) is 10.9 Å². The highest BCUT2D eigenvalue weighted by Gasteiger charge is 2.09. The molecule has 1 atom stereocenters. The third-order valence-corrected chi connectivity index (χ3v) is 1.20. The molecule has 1 aromatic heterocycles. The molecule has 0 radical (unpaired) electrons. The Balaban J connectivity index is 2.61. The summed E-state index contributed by atoms with van der Waals surface area (Å²) in [5, 5.41) is 11.7. The van der Waals surface area contributed by atoms with E-state index in [0.29, 0.717) is 12.3 Å². The first kappa shape index (κ1) is 6.75. The molecule has 0 aliphatic carbocycles. The van der Waals surface area contributed by atoms with E-state index in [2.05, 4.69) is 10.1 Å². The van der Waals surface area contributed by atoms with Crippen LogP contribution in [0.2, 0.25) is 0 Å². The second-order valence-electron chi connectivity index (χ2n) is 2.04. The third kappa shape index (κ3) is 1.32. The van der Waals surface area contributed by atoms with Gasteiger partial charge in [-0.3, -0.25) is 0 Å². The van der Waals surface area contributed by atoms with Crippen molar-refractivity contribution in [2.75, 3.05) is 0 Å². The minimum atomic E-state index is 0.0486. The maximum Gasteiger partial charge on any atom is 0.230 e. The quantitative estimate of drug-likeness (QED) is 0.612. The van der Waals surface area contributed by atoms with Gasteiger partial charge in [-0.1, -0.05) is 12.1 Å². The Bertz CT molecular complexity index is 224. The average molecular weight is 137 g/mol. The van der Waals surface area contributed by atoms with Crippen LogP contribution in [0.4, 0.5) is 0 Å². The number of aromatic nitrogens is 2. The summed E-state index contributed by atoms with van der Waals surface area (Å²) in [5.74, 6) is 0.578. The fourth-order valence-corrected chi connectivity index (χ4v) is 0.623. The molecule has 0 amide bonds. The van der Waals surface area contributed by atoms with Crippen molar-refractivity contribution in [3.8, 4) is 6.07 Å². The molecule has 0 N–H and O–H groups in total. The molecule has 0 aliphatic rings. The number of rotatable bonds is 2. The molecule has 1 rings (SSSR count). The van der Waals surface area contributed by atoms with Crippen LogP contribution in [0.5, 0.6) is 0 Å². The SMILES string of the molecule is C[C@@H](CC#N)c1ncno1. The predicted octanol–water partition coefficient (Wildman–Crippen LogP) is 1.09. The normalized spacial score (nSPS) is 12.4. The second-order valence-corrected chi connectivity index (χ2v) is 2.04. The highest BCUT2D eigenvalue weighted by molar-refractivity contribution is 4.91. The van der Waals surface area contributed by atoms with Crippen LogP contribution in [0.1, 0.15) is 25.2 Å². The zero-order valence-electron chi connectivity index (χ0n) is 5.61. The van der Waals surface area contributed by atoms with E-state index in [1.54, 1.807) is 0 Å². The zero-order valence-corrected chi connectivity index (χ0v) is 5.61. The lowest BCUT2D eigenvalue weighted by Crippen LogP contribution is -1.90. The van der Waals surface area contributed by atoms with Crippen LogP contribution >= 0.6 is 0 Å². The molecule has 0 spiro atoms. The molecule has 0 aliphatic heterocycles. The van der Waals surface area contributed by atoms with E-state index >= 15 is 0 Å². The van der Waals surface area contributed by atoms with E-state index in [4.69, 9.17) is 9.78 Å². The molecule has 0 fully saturated rings. The molecular formula is C6H7N3O. The molecular weight excluding hydrogens is 130 g/mol. The lowest BCUT2D eigenvalue weighted by Gasteiger charge is -1.96. The van der Waals surface area contributed by atoms with Gasteiger partial charge in [0.15, 0.2) is 6.33 Å². The first-order valence-electron chi connectivity index (χ1n) is 2.98. The van der Waals surface area contributed by atoms with Crippen molar-refractivity contribution in [1.82, 2.24) is 10.1 Å². The number of hydrogen-bond acceptors (Lipinski definition) is 4. The molecule has 4 heteroatoms. The van der Waals surface area contributed by atoms with Crippen LogP contribution in [-0.4, -0.2) is 10.1 Å². The monoisotopic (exact) mass is 137 g/mol. The summed E-state index contributed by atoms with van der Waals surface area (Å²) < 4.78 is 4.74. The largest absolute Gasteiger partial charge is 0.339 e. The van der Waals surface area contributed by atoms with Crippen LogP contribution in [-0.2, 0) is 0 Å². The smallest absolute Gasteiger partial charge is 0.230 e. The summed E-state index contributed by atoms with van der Waals surface area (Å²) in [6.45, 7) is 1.87. The fourth-order valence-electron chi connectivity index (χ4n) is 0.623.